The lowest BCUT2D eigenvalue weighted by Crippen LogP contribution is -2.21. The lowest BCUT2D eigenvalue weighted by molar-refractivity contribution is -0.134. The summed E-state index contributed by atoms with van der Waals surface area (Å²) >= 11 is 0. The average Bonchev–Trinajstić information content (AvgIpc) is 3.29. The summed E-state index contributed by atoms with van der Waals surface area (Å²) in [6, 6.07) is 11.5. The van der Waals surface area contributed by atoms with E-state index in [-0.39, 0.29) is 11.8 Å². The molecular weight excluding hydrogens is 355 g/mol. The number of aromatic amines is 1. The van der Waals surface area contributed by atoms with Gasteiger partial charge in [-0.1, -0.05) is 18.2 Å². The minimum atomic E-state index is -0.347. The van der Waals surface area contributed by atoms with Gasteiger partial charge in [-0.25, -0.2) is 9.18 Å². The molecule has 1 aliphatic carbocycles. The van der Waals surface area contributed by atoms with Gasteiger partial charge in [0.25, 0.3) is 0 Å². The Kier molecular flexibility index (Phi) is 5.26. The fraction of sp³-hybridized carbons (Fsp3) is 0.261. The fourth-order valence-corrected chi connectivity index (χ4v) is 3.93. The van der Waals surface area contributed by atoms with Crippen LogP contribution in [-0.4, -0.2) is 24.6 Å². The van der Waals surface area contributed by atoms with E-state index in [1.54, 1.807) is 6.08 Å². The zero-order chi connectivity index (χ0) is 19.5. The number of hydrogen-bond acceptors (Lipinski definition) is 3. The Hall–Kier alpha value is -2.92. The van der Waals surface area contributed by atoms with Crippen LogP contribution in [0.5, 0.6) is 0 Å². The van der Waals surface area contributed by atoms with Crippen molar-refractivity contribution in [3.05, 3.63) is 76.7 Å². The Morgan fingerprint density at radius 2 is 2.21 bits per heavy atom. The van der Waals surface area contributed by atoms with Crippen LogP contribution in [0.25, 0.3) is 17.0 Å². The number of carbonyl (C=O) groups excluding carboxylic acids is 1. The first-order valence-electron chi connectivity index (χ1n) is 9.52. The molecule has 0 amide bonds. The second-order valence-electron chi connectivity index (χ2n) is 7.11. The van der Waals surface area contributed by atoms with E-state index in [0.29, 0.717) is 6.04 Å². The molecule has 0 spiro atoms. The standard InChI is InChI=1S/C23H23FN2O2/c1-28-23(27)9-3-15-2-6-19-16(12-15)4-8-21(19)25-11-10-17-14-26-22-13-18(24)5-7-20(17)22/h2-3,5-7,9,12-14,21,25-26H,4,8,10-11H2,1H3/b9-3+. The summed E-state index contributed by atoms with van der Waals surface area (Å²) in [5, 5.41) is 4.73. The number of carbonyl (C=O) groups is 1. The predicted octanol–water partition coefficient (Wildman–Crippen LogP) is 4.31. The van der Waals surface area contributed by atoms with E-state index in [0.717, 1.165) is 42.3 Å². The molecule has 0 bridgehead atoms. The minimum absolute atomic E-state index is 0.220. The Morgan fingerprint density at radius 3 is 3.07 bits per heavy atom. The number of benzene rings is 2. The third kappa shape index (κ3) is 3.85. The average molecular weight is 378 g/mol. The lowest BCUT2D eigenvalue weighted by Gasteiger charge is -2.14. The van der Waals surface area contributed by atoms with Crippen molar-refractivity contribution in [1.82, 2.24) is 10.3 Å². The molecule has 4 rings (SSSR count). The molecule has 0 saturated carbocycles. The topological polar surface area (TPSA) is 54.1 Å². The molecule has 2 aromatic carbocycles. The molecule has 144 valence electrons. The van der Waals surface area contributed by atoms with Gasteiger partial charge in [0, 0.05) is 29.2 Å². The van der Waals surface area contributed by atoms with Gasteiger partial charge in [0.2, 0.25) is 0 Å². The zero-order valence-electron chi connectivity index (χ0n) is 15.8. The first-order chi connectivity index (χ1) is 13.6. The van der Waals surface area contributed by atoms with Gasteiger partial charge in [0.05, 0.1) is 7.11 Å². The normalized spacial score (nSPS) is 16.0. The molecule has 4 nitrogen and oxygen atoms in total. The van der Waals surface area contributed by atoms with Crippen LogP contribution >= 0.6 is 0 Å². The smallest absolute Gasteiger partial charge is 0.330 e. The van der Waals surface area contributed by atoms with Crippen molar-refractivity contribution in [2.24, 2.45) is 0 Å². The molecule has 1 heterocycles. The number of ether oxygens (including phenoxy) is 1. The van der Waals surface area contributed by atoms with E-state index in [1.807, 2.05) is 18.3 Å². The van der Waals surface area contributed by atoms with Crippen LogP contribution in [0, 0.1) is 5.82 Å². The van der Waals surface area contributed by atoms with Gasteiger partial charge in [0.15, 0.2) is 0 Å². The largest absolute Gasteiger partial charge is 0.466 e. The van der Waals surface area contributed by atoms with Crippen LogP contribution < -0.4 is 5.32 Å². The van der Waals surface area contributed by atoms with Crippen molar-refractivity contribution in [2.75, 3.05) is 13.7 Å². The monoisotopic (exact) mass is 378 g/mol. The van der Waals surface area contributed by atoms with Crippen LogP contribution in [0.15, 0.2) is 48.7 Å². The molecule has 0 aliphatic heterocycles. The number of rotatable bonds is 6. The van der Waals surface area contributed by atoms with E-state index < -0.39 is 0 Å². The Bertz CT molecular complexity index is 1040. The van der Waals surface area contributed by atoms with Crippen molar-refractivity contribution < 1.29 is 13.9 Å². The predicted molar refractivity (Wildman–Crippen MR) is 109 cm³/mol. The first kappa shape index (κ1) is 18.4. The molecule has 1 aliphatic rings. The molecule has 0 fully saturated rings. The maximum Gasteiger partial charge on any atom is 0.330 e. The highest BCUT2D eigenvalue weighted by molar-refractivity contribution is 5.87. The number of aryl methyl sites for hydroxylation is 1. The van der Waals surface area contributed by atoms with Crippen molar-refractivity contribution in [3.63, 3.8) is 0 Å². The summed E-state index contributed by atoms with van der Waals surface area (Å²) in [6.45, 7) is 0.860. The van der Waals surface area contributed by atoms with E-state index in [9.17, 15) is 9.18 Å². The Morgan fingerprint density at radius 1 is 1.32 bits per heavy atom. The van der Waals surface area contributed by atoms with E-state index in [1.165, 1.54) is 42.0 Å². The molecule has 3 aromatic rings. The quantitative estimate of drug-likeness (QED) is 0.496. The summed E-state index contributed by atoms with van der Waals surface area (Å²) in [5.74, 6) is -0.567. The molecule has 0 radical (unpaired) electrons. The first-order valence-corrected chi connectivity index (χ1v) is 9.52. The number of aromatic nitrogens is 1. The second kappa shape index (κ2) is 7.98. The number of nitrogens with one attached hydrogen (secondary N) is 2. The van der Waals surface area contributed by atoms with Crippen LogP contribution in [-0.2, 0) is 22.4 Å². The van der Waals surface area contributed by atoms with Gasteiger partial charge in [-0.3, -0.25) is 0 Å². The highest BCUT2D eigenvalue weighted by Gasteiger charge is 2.21. The highest BCUT2D eigenvalue weighted by atomic mass is 19.1. The number of fused-ring (bicyclic) bond motifs is 2. The van der Waals surface area contributed by atoms with Gasteiger partial charge in [-0.05, 0) is 72.3 Å². The van der Waals surface area contributed by atoms with E-state index >= 15 is 0 Å². The van der Waals surface area contributed by atoms with Crippen molar-refractivity contribution in [2.45, 2.75) is 25.3 Å². The van der Waals surface area contributed by atoms with E-state index in [2.05, 4.69) is 27.2 Å². The molecule has 5 heteroatoms. The third-order valence-electron chi connectivity index (χ3n) is 5.37. The van der Waals surface area contributed by atoms with Gasteiger partial charge in [0.1, 0.15) is 5.82 Å². The third-order valence-corrected chi connectivity index (χ3v) is 5.37. The molecular formula is C23H23FN2O2. The zero-order valence-corrected chi connectivity index (χ0v) is 15.8. The van der Waals surface area contributed by atoms with Gasteiger partial charge < -0.3 is 15.0 Å². The summed E-state index contributed by atoms with van der Waals surface area (Å²) < 4.78 is 18.0. The molecule has 2 N–H and O–H groups in total. The van der Waals surface area contributed by atoms with Gasteiger partial charge >= 0.3 is 5.97 Å². The summed E-state index contributed by atoms with van der Waals surface area (Å²) in [4.78, 5) is 14.4. The van der Waals surface area contributed by atoms with Crippen molar-refractivity contribution in [3.8, 4) is 0 Å². The van der Waals surface area contributed by atoms with Crippen molar-refractivity contribution >= 4 is 22.9 Å². The number of methoxy groups -OCH3 is 1. The van der Waals surface area contributed by atoms with Crippen LogP contribution in [0.3, 0.4) is 0 Å². The SMILES string of the molecule is COC(=O)/C=C/c1ccc2c(c1)CCC2NCCc1c[nH]c2cc(F)ccc12. The Balaban J connectivity index is 1.38. The van der Waals surface area contributed by atoms with Crippen molar-refractivity contribution in [1.29, 1.82) is 0 Å². The summed E-state index contributed by atoms with van der Waals surface area (Å²) in [6.07, 6.45) is 8.18. The van der Waals surface area contributed by atoms with Crippen LogP contribution in [0.4, 0.5) is 4.39 Å². The van der Waals surface area contributed by atoms with Gasteiger partial charge in [-0.2, -0.15) is 0 Å². The number of H-pyrrole nitrogens is 1. The summed E-state index contributed by atoms with van der Waals surface area (Å²) in [7, 11) is 1.38. The molecule has 1 aromatic heterocycles. The minimum Gasteiger partial charge on any atom is -0.466 e. The fourth-order valence-electron chi connectivity index (χ4n) is 3.93. The molecule has 28 heavy (non-hydrogen) atoms. The maximum atomic E-state index is 13.3. The summed E-state index contributed by atoms with van der Waals surface area (Å²) in [5.41, 5.74) is 5.71. The molecule has 0 saturated heterocycles. The highest BCUT2D eigenvalue weighted by Crippen LogP contribution is 2.32. The molecule has 1 atom stereocenters. The number of halogens is 1. The van der Waals surface area contributed by atoms with Crippen LogP contribution in [0.1, 0.15) is 34.7 Å². The number of hydrogen-bond donors (Lipinski definition) is 2. The Labute approximate surface area is 163 Å². The second-order valence-corrected chi connectivity index (χ2v) is 7.11. The number of esters is 1. The van der Waals surface area contributed by atoms with Gasteiger partial charge in [-0.15, -0.1) is 0 Å². The molecule has 1 unspecified atom stereocenters. The van der Waals surface area contributed by atoms with Crippen LogP contribution in [0.2, 0.25) is 0 Å². The lowest BCUT2D eigenvalue weighted by atomic mass is 10.0. The van der Waals surface area contributed by atoms with E-state index in [4.69, 9.17) is 0 Å². The maximum absolute atomic E-state index is 13.3.